The molecule has 2 fully saturated rings. The van der Waals surface area contributed by atoms with Crippen molar-refractivity contribution < 1.29 is 9.18 Å². The number of nitrogens with one attached hydrogen (secondary N) is 1. The van der Waals surface area contributed by atoms with Crippen molar-refractivity contribution in [3.63, 3.8) is 0 Å². The number of amides is 1. The van der Waals surface area contributed by atoms with Crippen molar-refractivity contribution in [1.82, 2.24) is 25.0 Å². The first-order valence-corrected chi connectivity index (χ1v) is 9.31. The van der Waals surface area contributed by atoms with Gasteiger partial charge in [-0.05, 0) is 44.0 Å². The molecule has 2 unspecified atom stereocenters. The largest absolute Gasteiger partial charge is 0.329 e. The fraction of sp³-hybridized carbons (Fsp3) is 0.526. The summed E-state index contributed by atoms with van der Waals surface area (Å²) in [5, 5.41) is 7.87. The number of carbonyl (C=O) groups is 1. The molecule has 2 aliphatic rings. The van der Waals surface area contributed by atoms with Gasteiger partial charge in [0.1, 0.15) is 11.6 Å². The maximum Gasteiger partial charge on any atom is 0.294 e. The summed E-state index contributed by atoms with van der Waals surface area (Å²) in [5.74, 6) is 0.487. The molecule has 1 amide bonds. The first kappa shape index (κ1) is 17.1. The van der Waals surface area contributed by atoms with Crippen LogP contribution in [0.4, 0.5) is 4.39 Å². The van der Waals surface area contributed by atoms with E-state index in [1.807, 2.05) is 18.7 Å². The third kappa shape index (κ3) is 3.00. The van der Waals surface area contributed by atoms with Gasteiger partial charge in [0.05, 0.1) is 5.69 Å². The summed E-state index contributed by atoms with van der Waals surface area (Å²) in [5.41, 5.74) is 0.584. The molecule has 0 spiro atoms. The Hall–Kier alpha value is -2.28. The maximum atomic E-state index is 13.7. The van der Waals surface area contributed by atoms with E-state index in [0.29, 0.717) is 11.5 Å². The lowest BCUT2D eigenvalue weighted by Gasteiger charge is -2.26. The van der Waals surface area contributed by atoms with E-state index in [4.69, 9.17) is 0 Å². The third-order valence-corrected chi connectivity index (χ3v) is 5.28. The van der Waals surface area contributed by atoms with Gasteiger partial charge in [0.2, 0.25) is 5.82 Å². The molecule has 0 saturated carbocycles. The van der Waals surface area contributed by atoms with Crippen LogP contribution in [0.3, 0.4) is 0 Å². The summed E-state index contributed by atoms with van der Waals surface area (Å²) in [6.45, 7) is 5.75. The van der Waals surface area contributed by atoms with E-state index >= 15 is 0 Å². The molecule has 26 heavy (non-hydrogen) atoms. The molecule has 3 heterocycles. The van der Waals surface area contributed by atoms with Gasteiger partial charge in [-0.2, -0.15) is 0 Å². The van der Waals surface area contributed by atoms with Crippen LogP contribution in [0.5, 0.6) is 0 Å². The molecule has 1 N–H and O–H groups in total. The number of carbonyl (C=O) groups excluding carboxylic acids is 1. The lowest BCUT2D eigenvalue weighted by molar-refractivity contribution is 0.0667. The lowest BCUT2D eigenvalue weighted by Crippen LogP contribution is -2.43. The first-order chi connectivity index (χ1) is 12.5. The number of hydrogen-bond acceptors (Lipinski definition) is 4. The fourth-order valence-electron chi connectivity index (χ4n) is 4.02. The van der Waals surface area contributed by atoms with Gasteiger partial charge in [-0.15, -0.1) is 5.10 Å². The molecule has 2 aromatic rings. The highest BCUT2D eigenvalue weighted by Gasteiger charge is 2.40. The zero-order valence-corrected chi connectivity index (χ0v) is 15.2. The van der Waals surface area contributed by atoms with Crippen molar-refractivity contribution in [2.24, 2.45) is 0 Å². The van der Waals surface area contributed by atoms with Crippen molar-refractivity contribution >= 4 is 5.91 Å². The lowest BCUT2D eigenvalue weighted by atomic mass is 10.1. The minimum atomic E-state index is -0.336. The Bertz CT molecular complexity index is 804. The van der Waals surface area contributed by atoms with Crippen LogP contribution in [0.25, 0.3) is 5.69 Å². The van der Waals surface area contributed by atoms with Crippen LogP contribution < -0.4 is 5.32 Å². The van der Waals surface area contributed by atoms with Crippen LogP contribution in [-0.4, -0.2) is 50.7 Å². The highest BCUT2D eigenvalue weighted by atomic mass is 19.1. The number of nitrogens with zero attached hydrogens (tertiary/aromatic N) is 4. The molecule has 1 aromatic heterocycles. The predicted octanol–water partition coefficient (Wildman–Crippen LogP) is 2.50. The Morgan fingerprint density at radius 3 is 2.85 bits per heavy atom. The quantitative estimate of drug-likeness (QED) is 0.917. The number of hydrogen-bond donors (Lipinski definition) is 1. The molecular weight excluding hydrogens is 333 g/mol. The molecule has 1 aromatic carbocycles. The van der Waals surface area contributed by atoms with Crippen molar-refractivity contribution in [3.05, 3.63) is 41.7 Å². The Kier molecular flexibility index (Phi) is 4.48. The number of aromatic nitrogens is 3. The second-order valence-electron chi connectivity index (χ2n) is 7.43. The van der Waals surface area contributed by atoms with Crippen molar-refractivity contribution in [1.29, 1.82) is 0 Å². The Labute approximate surface area is 152 Å². The summed E-state index contributed by atoms with van der Waals surface area (Å²) in [6.07, 6.45) is 3.02. The van der Waals surface area contributed by atoms with E-state index in [1.54, 1.807) is 16.8 Å². The van der Waals surface area contributed by atoms with E-state index in [1.165, 1.54) is 12.1 Å². The molecular formula is C19H24FN5O. The van der Waals surface area contributed by atoms with Gasteiger partial charge in [0.25, 0.3) is 5.91 Å². The van der Waals surface area contributed by atoms with E-state index in [-0.39, 0.29) is 35.6 Å². The molecule has 0 radical (unpaired) electrons. The smallest absolute Gasteiger partial charge is 0.294 e. The summed E-state index contributed by atoms with van der Waals surface area (Å²) in [6, 6.07) is 6.68. The Morgan fingerprint density at radius 2 is 2.08 bits per heavy atom. The van der Waals surface area contributed by atoms with E-state index in [2.05, 4.69) is 15.4 Å². The van der Waals surface area contributed by atoms with Gasteiger partial charge in [-0.25, -0.2) is 14.1 Å². The zero-order chi connectivity index (χ0) is 18.3. The molecule has 2 bridgehead atoms. The Balaban J connectivity index is 1.71. The molecule has 6 nitrogen and oxygen atoms in total. The highest BCUT2D eigenvalue weighted by molar-refractivity contribution is 5.91. The minimum Gasteiger partial charge on any atom is -0.329 e. The molecule has 2 saturated heterocycles. The number of rotatable bonds is 3. The van der Waals surface area contributed by atoms with Gasteiger partial charge >= 0.3 is 0 Å². The van der Waals surface area contributed by atoms with Gasteiger partial charge < -0.3 is 10.2 Å². The zero-order valence-electron chi connectivity index (χ0n) is 15.2. The topological polar surface area (TPSA) is 63.1 Å². The average Bonchev–Trinajstić information content (AvgIpc) is 3.15. The monoisotopic (exact) mass is 357 g/mol. The first-order valence-electron chi connectivity index (χ1n) is 9.31. The fourth-order valence-corrected chi connectivity index (χ4v) is 4.02. The van der Waals surface area contributed by atoms with Crippen LogP contribution >= 0.6 is 0 Å². The van der Waals surface area contributed by atoms with Crippen LogP contribution in [0.2, 0.25) is 0 Å². The highest BCUT2D eigenvalue weighted by Crippen LogP contribution is 2.29. The van der Waals surface area contributed by atoms with Gasteiger partial charge in [-0.1, -0.05) is 19.9 Å². The standard InChI is InChI=1S/C19H24FN5O/c1-12(2)18-22-17(23-25(18)15-5-3-4-13(20)10-15)19(26)24-14-6-7-16(24)11-21-9-8-14/h3-5,10,12,14,16,21H,6-9,11H2,1-2H3. The van der Waals surface area contributed by atoms with E-state index < -0.39 is 0 Å². The second kappa shape index (κ2) is 6.79. The molecule has 2 atom stereocenters. The van der Waals surface area contributed by atoms with E-state index in [0.717, 1.165) is 32.4 Å². The van der Waals surface area contributed by atoms with Crippen molar-refractivity contribution in [2.45, 2.75) is 51.1 Å². The van der Waals surface area contributed by atoms with Crippen LogP contribution in [0.1, 0.15) is 55.5 Å². The molecule has 4 rings (SSSR count). The normalized spacial score (nSPS) is 22.7. The third-order valence-electron chi connectivity index (χ3n) is 5.28. The predicted molar refractivity (Wildman–Crippen MR) is 95.9 cm³/mol. The number of fused-ring (bicyclic) bond motifs is 2. The van der Waals surface area contributed by atoms with Crippen LogP contribution in [0.15, 0.2) is 24.3 Å². The van der Waals surface area contributed by atoms with Gasteiger partial charge in [-0.3, -0.25) is 4.79 Å². The van der Waals surface area contributed by atoms with Crippen molar-refractivity contribution in [3.8, 4) is 5.69 Å². The van der Waals surface area contributed by atoms with Crippen LogP contribution in [0, 0.1) is 5.82 Å². The minimum absolute atomic E-state index is 0.0647. The molecule has 7 heteroatoms. The number of benzene rings is 1. The summed E-state index contributed by atoms with van der Waals surface area (Å²) in [4.78, 5) is 19.7. The summed E-state index contributed by atoms with van der Waals surface area (Å²) >= 11 is 0. The Morgan fingerprint density at radius 1 is 1.27 bits per heavy atom. The van der Waals surface area contributed by atoms with Gasteiger partial charge in [0.15, 0.2) is 0 Å². The second-order valence-corrected chi connectivity index (χ2v) is 7.43. The van der Waals surface area contributed by atoms with Crippen molar-refractivity contribution in [2.75, 3.05) is 13.1 Å². The van der Waals surface area contributed by atoms with E-state index in [9.17, 15) is 9.18 Å². The summed E-state index contributed by atoms with van der Waals surface area (Å²) < 4.78 is 15.3. The van der Waals surface area contributed by atoms with Crippen LogP contribution in [-0.2, 0) is 0 Å². The SMILES string of the molecule is CC(C)c1nc(C(=O)N2C3CCNCC2CC3)nn1-c1cccc(F)c1. The van der Waals surface area contributed by atoms with Gasteiger partial charge in [0, 0.05) is 24.5 Å². The number of halogens is 1. The molecule has 2 aliphatic heterocycles. The molecule has 138 valence electrons. The average molecular weight is 357 g/mol. The summed E-state index contributed by atoms with van der Waals surface area (Å²) in [7, 11) is 0. The maximum absolute atomic E-state index is 13.7. The molecule has 0 aliphatic carbocycles.